The van der Waals surface area contributed by atoms with Crippen molar-refractivity contribution in [3.8, 4) is 12.3 Å². The third-order valence-corrected chi connectivity index (χ3v) is 2.50. The average Bonchev–Trinajstić information content (AvgIpc) is 2.21. The Morgan fingerprint density at radius 3 is 2.67 bits per heavy atom. The normalized spacial score (nSPS) is 12.1. The lowest BCUT2D eigenvalue weighted by Crippen LogP contribution is -2.21. The fraction of sp³-hybridized carbons (Fsp3) is 0.429. The van der Waals surface area contributed by atoms with E-state index in [1.54, 1.807) is 0 Å². The molecule has 1 unspecified atom stereocenters. The van der Waals surface area contributed by atoms with Crippen LogP contribution in [0.5, 0.6) is 0 Å². The third-order valence-electron chi connectivity index (χ3n) is 2.50. The molecule has 0 radical (unpaired) electrons. The van der Waals surface area contributed by atoms with Crippen molar-refractivity contribution in [3.05, 3.63) is 34.9 Å². The zero-order valence-electron chi connectivity index (χ0n) is 9.80. The number of aryl methyl sites for hydroxylation is 2. The maximum absolute atomic E-state index is 5.54. The van der Waals surface area contributed by atoms with Gasteiger partial charge in [-0.05, 0) is 37.9 Å². The van der Waals surface area contributed by atoms with Gasteiger partial charge < -0.3 is 0 Å². The van der Waals surface area contributed by atoms with Gasteiger partial charge in [-0.1, -0.05) is 36.6 Å². The molecular formula is C14H19N. The second kappa shape index (κ2) is 5.58. The molecule has 1 N–H and O–H groups in total. The molecule has 1 heteroatoms. The van der Waals surface area contributed by atoms with Gasteiger partial charge in [0.2, 0.25) is 0 Å². The van der Waals surface area contributed by atoms with E-state index in [9.17, 15) is 0 Å². The lowest BCUT2D eigenvalue weighted by Gasteiger charge is -2.15. The summed E-state index contributed by atoms with van der Waals surface area (Å²) < 4.78 is 0. The molecule has 80 valence electrons. The van der Waals surface area contributed by atoms with Gasteiger partial charge >= 0.3 is 0 Å². The fourth-order valence-corrected chi connectivity index (χ4v) is 1.70. The number of terminal acetylenes is 1. The molecule has 0 aliphatic heterocycles. The van der Waals surface area contributed by atoms with E-state index in [4.69, 9.17) is 6.42 Å². The maximum atomic E-state index is 5.54. The summed E-state index contributed by atoms with van der Waals surface area (Å²) in [6, 6.07) is 6.45. The molecule has 0 heterocycles. The number of rotatable bonds is 4. The van der Waals surface area contributed by atoms with Gasteiger partial charge in [-0.25, -0.2) is 0 Å². The predicted molar refractivity (Wildman–Crippen MR) is 65.8 cm³/mol. The smallest absolute Gasteiger partial charge is 0.0945 e. The van der Waals surface area contributed by atoms with E-state index in [-0.39, 0.29) is 6.04 Å². The molecular weight excluding hydrogens is 182 g/mol. The third kappa shape index (κ3) is 3.11. The van der Waals surface area contributed by atoms with Crippen LogP contribution in [-0.4, -0.2) is 6.54 Å². The number of benzene rings is 1. The van der Waals surface area contributed by atoms with Crippen molar-refractivity contribution in [3.63, 3.8) is 0 Å². The largest absolute Gasteiger partial charge is 0.300 e. The summed E-state index contributed by atoms with van der Waals surface area (Å²) in [5.41, 5.74) is 3.76. The standard InChI is InChI=1S/C14H19N/c1-5-9-15-14(6-2)13-8-7-11(3)10-12(13)4/h2,7-8,10,14-15H,5,9H2,1,3-4H3. The van der Waals surface area contributed by atoms with Crippen LogP contribution in [0.15, 0.2) is 18.2 Å². The summed E-state index contributed by atoms with van der Waals surface area (Å²) in [7, 11) is 0. The Bertz CT molecular complexity index is 360. The summed E-state index contributed by atoms with van der Waals surface area (Å²) in [6.45, 7) is 7.31. The van der Waals surface area contributed by atoms with Crippen molar-refractivity contribution in [2.45, 2.75) is 33.2 Å². The number of hydrogen-bond donors (Lipinski definition) is 1. The van der Waals surface area contributed by atoms with Gasteiger partial charge in [-0.3, -0.25) is 5.32 Å². The Kier molecular flexibility index (Phi) is 4.39. The molecule has 0 amide bonds. The predicted octanol–water partition coefficient (Wildman–Crippen LogP) is 2.98. The van der Waals surface area contributed by atoms with Crippen molar-refractivity contribution in [1.82, 2.24) is 5.32 Å². The SMILES string of the molecule is C#CC(NCCC)c1ccc(C)cc1C. The first kappa shape index (κ1) is 11.8. The van der Waals surface area contributed by atoms with Crippen LogP contribution in [-0.2, 0) is 0 Å². The summed E-state index contributed by atoms with van der Waals surface area (Å²) in [6.07, 6.45) is 6.64. The summed E-state index contributed by atoms with van der Waals surface area (Å²) in [4.78, 5) is 0. The van der Waals surface area contributed by atoms with E-state index in [2.05, 4.69) is 50.2 Å². The van der Waals surface area contributed by atoms with E-state index in [0.29, 0.717) is 0 Å². The second-order valence-electron chi connectivity index (χ2n) is 3.91. The molecule has 0 bridgehead atoms. The molecule has 15 heavy (non-hydrogen) atoms. The van der Waals surface area contributed by atoms with Crippen molar-refractivity contribution in [1.29, 1.82) is 0 Å². The second-order valence-corrected chi connectivity index (χ2v) is 3.91. The van der Waals surface area contributed by atoms with Gasteiger partial charge in [-0.2, -0.15) is 0 Å². The minimum absolute atomic E-state index is 0.0468. The first-order chi connectivity index (χ1) is 7.19. The molecule has 1 nitrogen and oxygen atoms in total. The lowest BCUT2D eigenvalue weighted by atomic mass is 9.99. The molecule has 1 atom stereocenters. The van der Waals surface area contributed by atoms with Crippen LogP contribution in [0, 0.1) is 26.2 Å². The van der Waals surface area contributed by atoms with Crippen molar-refractivity contribution < 1.29 is 0 Å². The van der Waals surface area contributed by atoms with E-state index in [0.717, 1.165) is 13.0 Å². The molecule has 1 aromatic rings. The highest BCUT2D eigenvalue weighted by atomic mass is 14.9. The first-order valence-electron chi connectivity index (χ1n) is 5.45. The summed E-state index contributed by atoms with van der Waals surface area (Å²) in [5, 5.41) is 3.36. The molecule has 0 spiro atoms. The Labute approximate surface area is 92.9 Å². The van der Waals surface area contributed by atoms with E-state index in [1.165, 1.54) is 16.7 Å². The topological polar surface area (TPSA) is 12.0 Å². The molecule has 0 aliphatic rings. The van der Waals surface area contributed by atoms with E-state index < -0.39 is 0 Å². The van der Waals surface area contributed by atoms with Gasteiger partial charge in [0.1, 0.15) is 0 Å². The van der Waals surface area contributed by atoms with Crippen LogP contribution in [0.4, 0.5) is 0 Å². The summed E-state index contributed by atoms with van der Waals surface area (Å²) in [5.74, 6) is 2.80. The highest BCUT2D eigenvalue weighted by molar-refractivity contribution is 5.36. The van der Waals surface area contributed by atoms with Crippen LogP contribution in [0.1, 0.15) is 36.1 Å². The maximum Gasteiger partial charge on any atom is 0.0945 e. The molecule has 1 aromatic carbocycles. The number of hydrogen-bond acceptors (Lipinski definition) is 1. The van der Waals surface area contributed by atoms with Gasteiger partial charge in [0.05, 0.1) is 6.04 Å². The van der Waals surface area contributed by atoms with Crippen molar-refractivity contribution in [2.75, 3.05) is 6.54 Å². The lowest BCUT2D eigenvalue weighted by molar-refractivity contribution is 0.624. The van der Waals surface area contributed by atoms with Crippen LogP contribution >= 0.6 is 0 Å². The highest BCUT2D eigenvalue weighted by Crippen LogP contribution is 2.18. The molecule has 1 rings (SSSR count). The average molecular weight is 201 g/mol. The van der Waals surface area contributed by atoms with Crippen molar-refractivity contribution >= 4 is 0 Å². The Morgan fingerprint density at radius 2 is 2.13 bits per heavy atom. The quantitative estimate of drug-likeness (QED) is 0.738. The molecule has 0 saturated carbocycles. The molecule has 0 aromatic heterocycles. The molecule has 0 fully saturated rings. The van der Waals surface area contributed by atoms with Gasteiger partial charge in [-0.15, -0.1) is 6.42 Å². The van der Waals surface area contributed by atoms with E-state index >= 15 is 0 Å². The monoisotopic (exact) mass is 201 g/mol. The first-order valence-corrected chi connectivity index (χ1v) is 5.45. The molecule has 0 aliphatic carbocycles. The zero-order chi connectivity index (χ0) is 11.3. The van der Waals surface area contributed by atoms with Crippen LogP contribution in [0.3, 0.4) is 0 Å². The van der Waals surface area contributed by atoms with Crippen molar-refractivity contribution in [2.24, 2.45) is 0 Å². The number of nitrogens with one attached hydrogen (secondary N) is 1. The molecule has 0 saturated heterocycles. The summed E-state index contributed by atoms with van der Waals surface area (Å²) >= 11 is 0. The Morgan fingerprint density at radius 1 is 1.40 bits per heavy atom. The zero-order valence-corrected chi connectivity index (χ0v) is 9.80. The van der Waals surface area contributed by atoms with Gasteiger partial charge in [0.15, 0.2) is 0 Å². The van der Waals surface area contributed by atoms with Gasteiger partial charge in [0.25, 0.3) is 0 Å². The van der Waals surface area contributed by atoms with Crippen LogP contribution in [0.25, 0.3) is 0 Å². The minimum Gasteiger partial charge on any atom is -0.300 e. The fourth-order valence-electron chi connectivity index (χ4n) is 1.70. The highest BCUT2D eigenvalue weighted by Gasteiger charge is 2.09. The van der Waals surface area contributed by atoms with E-state index in [1.807, 2.05) is 0 Å². The Hall–Kier alpha value is -1.26. The van der Waals surface area contributed by atoms with Gasteiger partial charge in [0, 0.05) is 0 Å². The van der Waals surface area contributed by atoms with Crippen LogP contribution < -0.4 is 5.32 Å². The minimum atomic E-state index is 0.0468. The Balaban J connectivity index is 2.88. The van der Waals surface area contributed by atoms with Crippen LogP contribution in [0.2, 0.25) is 0 Å².